The van der Waals surface area contributed by atoms with Gasteiger partial charge in [-0.05, 0) is 0 Å². The molecule has 0 saturated heterocycles. The molecule has 0 aliphatic rings. The van der Waals surface area contributed by atoms with E-state index in [2.05, 4.69) is 9.97 Å². The maximum atomic E-state index is 12.0. The first-order valence-electron chi connectivity index (χ1n) is 3.15. The van der Waals surface area contributed by atoms with Gasteiger partial charge in [-0.1, -0.05) is 11.6 Å². The van der Waals surface area contributed by atoms with Gasteiger partial charge in [0.2, 0.25) is 0 Å². The molecule has 0 radical (unpaired) electrons. The summed E-state index contributed by atoms with van der Waals surface area (Å²) in [5.74, 6) is -1.66. The Balaban J connectivity index is 3.27. The van der Waals surface area contributed by atoms with Gasteiger partial charge in [0.05, 0.1) is 6.20 Å². The lowest BCUT2D eigenvalue weighted by Crippen LogP contribution is -2.13. The summed E-state index contributed by atoms with van der Waals surface area (Å²) < 4.78 is 36.1. The minimum absolute atomic E-state index is 0.370. The van der Waals surface area contributed by atoms with Crippen LogP contribution in [0.3, 0.4) is 0 Å². The van der Waals surface area contributed by atoms with Crippen LogP contribution in [0.1, 0.15) is 16.2 Å². The number of carboxylic acid groups (broad SMARTS) is 1. The average molecular weight is 227 g/mol. The summed E-state index contributed by atoms with van der Waals surface area (Å²) in [6, 6.07) is 0. The van der Waals surface area contributed by atoms with E-state index in [-0.39, 0.29) is 0 Å². The third kappa shape index (κ3) is 2.11. The van der Waals surface area contributed by atoms with E-state index in [0.29, 0.717) is 6.20 Å². The Morgan fingerprint density at radius 1 is 1.50 bits per heavy atom. The topological polar surface area (TPSA) is 63.1 Å². The molecule has 0 bridgehead atoms. The van der Waals surface area contributed by atoms with Crippen LogP contribution >= 0.6 is 11.6 Å². The zero-order chi connectivity index (χ0) is 10.9. The molecule has 0 amide bonds. The second kappa shape index (κ2) is 3.41. The van der Waals surface area contributed by atoms with Crippen LogP contribution in [0.15, 0.2) is 6.20 Å². The Morgan fingerprint density at radius 3 is 2.50 bits per heavy atom. The van der Waals surface area contributed by atoms with Gasteiger partial charge in [-0.3, -0.25) is 0 Å². The Morgan fingerprint density at radius 2 is 2.07 bits per heavy atom. The zero-order valence-electron chi connectivity index (χ0n) is 6.34. The number of carboxylic acids is 1. The van der Waals surface area contributed by atoms with Crippen LogP contribution in [0.25, 0.3) is 0 Å². The minimum Gasteiger partial charge on any atom is -0.476 e. The fraction of sp³-hybridized carbons (Fsp3) is 0.167. The quantitative estimate of drug-likeness (QED) is 0.794. The van der Waals surface area contributed by atoms with Crippen LogP contribution in [0.2, 0.25) is 5.15 Å². The van der Waals surface area contributed by atoms with Gasteiger partial charge in [-0.15, -0.1) is 0 Å². The lowest BCUT2D eigenvalue weighted by molar-refractivity contribution is -0.141. The summed E-state index contributed by atoms with van der Waals surface area (Å²) in [7, 11) is 0. The van der Waals surface area contributed by atoms with Gasteiger partial charge in [0.25, 0.3) is 0 Å². The van der Waals surface area contributed by atoms with Crippen molar-refractivity contribution in [1.82, 2.24) is 9.97 Å². The Kier molecular flexibility index (Phi) is 2.61. The molecule has 1 aromatic heterocycles. The fourth-order valence-electron chi connectivity index (χ4n) is 0.647. The SMILES string of the molecule is O=C(O)c1nc(C(F)(F)F)cnc1Cl. The van der Waals surface area contributed by atoms with E-state index in [1.807, 2.05) is 0 Å². The van der Waals surface area contributed by atoms with Crippen molar-refractivity contribution in [3.63, 3.8) is 0 Å². The number of hydrogen-bond donors (Lipinski definition) is 1. The molecule has 0 fully saturated rings. The molecule has 0 aliphatic carbocycles. The van der Waals surface area contributed by atoms with Crippen molar-refractivity contribution in [1.29, 1.82) is 0 Å². The number of alkyl halides is 3. The number of halogens is 4. The summed E-state index contributed by atoms with van der Waals surface area (Å²) in [6.45, 7) is 0. The van der Waals surface area contributed by atoms with E-state index in [9.17, 15) is 18.0 Å². The number of rotatable bonds is 1. The summed E-state index contributed by atoms with van der Waals surface area (Å²) in [5.41, 5.74) is -2.30. The lowest BCUT2D eigenvalue weighted by Gasteiger charge is -2.05. The van der Waals surface area contributed by atoms with Gasteiger partial charge in [-0.2, -0.15) is 13.2 Å². The smallest absolute Gasteiger partial charge is 0.434 e. The predicted octanol–water partition coefficient (Wildman–Crippen LogP) is 1.85. The molecular weight excluding hydrogens is 225 g/mol. The molecule has 1 N–H and O–H groups in total. The Bertz CT molecular complexity index is 380. The largest absolute Gasteiger partial charge is 0.476 e. The normalized spacial score (nSPS) is 11.4. The van der Waals surface area contributed by atoms with E-state index >= 15 is 0 Å². The highest BCUT2D eigenvalue weighted by Crippen LogP contribution is 2.28. The number of nitrogens with zero attached hydrogens (tertiary/aromatic N) is 2. The van der Waals surface area contributed by atoms with Gasteiger partial charge in [0.1, 0.15) is 0 Å². The molecule has 4 nitrogen and oxygen atoms in total. The highest BCUT2D eigenvalue weighted by molar-refractivity contribution is 6.31. The summed E-state index contributed by atoms with van der Waals surface area (Å²) >= 11 is 5.22. The molecule has 76 valence electrons. The van der Waals surface area contributed by atoms with E-state index in [1.165, 1.54) is 0 Å². The van der Waals surface area contributed by atoms with Crippen molar-refractivity contribution < 1.29 is 23.1 Å². The van der Waals surface area contributed by atoms with Crippen molar-refractivity contribution in [2.75, 3.05) is 0 Å². The predicted molar refractivity (Wildman–Crippen MR) is 39.0 cm³/mol. The molecule has 0 saturated carbocycles. The van der Waals surface area contributed by atoms with Crippen LogP contribution in [0, 0.1) is 0 Å². The first kappa shape index (κ1) is 10.7. The van der Waals surface area contributed by atoms with E-state index in [1.54, 1.807) is 0 Å². The van der Waals surface area contributed by atoms with Crippen LogP contribution < -0.4 is 0 Å². The van der Waals surface area contributed by atoms with Crippen LogP contribution in [-0.4, -0.2) is 21.0 Å². The molecule has 1 rings (SSSR count). The molecule has 0 atom stereocenters. The van der Waals surface area contributed by atoms with Gasteiger partial charge >= 0.3 is 12.1 Å². The van der Waals surface area contributed by atoms with Gasteiger partial charge in [0.15, 0.2) is 16.5 Å². The summed E-state index contributed by atoms with van der Waals surface area (Å²) in [5, 5.41) is 7.82. The van der Waals surface area contributed by atoms with Crippen LogP contribution in [0.4, 0.5) is 13.2 Å². The van der Waals surface area contributed by atoms with Crippen molar-refractivity contribution in [2.24, 2.45) is 0 Å². The molecule has 14 heavy (non-hydrogen) atoms. The van der Waals surface area contributed by atoms with Crippen molar-refractivity contribution in [3.05, 3.63) is 22.7 Å². The second-order valence-electron chi connectivity index (χ2n) is 2.20. The molecular formula is C6H2ClF3N2O2. The molecule has 1 heterocycles. The van der Waals surface area contributed by atoms with E-state index < -0.39 is 28.7 Å². The van der Waals surface area contributed by atoms with Crippen molar-refractivity contribution >= 4 is 17.6 Å². The maximum absolute atomic E-state index is 12.0. The fourth-order valence-corrected chi connectivity index (χ4v) is 0.819. The lowest BCUT2D eigenvalue weighted by atomic mass is 10.4. The number of aromatic carboxylic acids is 1. The summed E-state index contributed by atoms with van der Waals surface area (Å²) in [6.07, 6.45) is -4.36. The third-order valence-corrected chi connectivity index (χ3v) is 1.50. The van der Waals surface area contributed by atoms with Gasteiger partial charge in [-0.25, -0.2) is 14.8 Å². The molecule has 8 heteroatoms. The number of aromatic nitrogens is 2. The van der Waals surface area contributed by atoms with Gasteiger partial charge < -0.3 is 5.11 Å². The number of carbonyl (C=O) groups is 1. The first-order valence-corrected chi connectivity index (χ1v) is 3.53. The highest BCUT2D eigenvalue weighted by atomic mass is 35.5. The molecule has 0 spiro atoms. The van der Waals surface area contributed by atoms with Crippen LogP contribution in [0.5, 0.6) is 0 Å². The monoisotopic (exact) mass is 226 g/mol. The standard InChI is InChI=1S/C6H2ClF3N2O2/c7-4-3(5(13)14)12-2(1-11-4)6(8,9)10/h1H,(H,13,14). The average Bonchev–Trinajstić information content (AvgIpc) is 2.02. The Labute approximate surface area is 80.4 Å². The van der Waals surface area contributed by atoms with E-state index in [0.717, 1.165) is 0 Å². The molecule has 1 aromatic rings. The first-order chi connectivity index (χ1) is 6.32. The van der Waals surface area contributed by atoms with Crippen molar-refractivity contribution in [3.8, 4) is 0 Å². The molecule has 0 aliphatic heterocycles. The summed E-state index contributed by atoms with van der Waals surface area (Å²) in [4.78, 5) is 16.2. The maximum Gasteiger partial charge on any atom is 0.434 e. The second-order valence-corrected chi connectivity index (χ2v) is 2.56. The van der Waals surface area contributed by atoms with Gasteiger partial charge in [0, 0.05) is 0 Å². The van der Waals surface area contributed by atoms with E-state index in [4.69, 9.17) is 16.7 Å². The Hall–Kier alpha value is -1.37. The van der Waals surface area contributed by atoms with Crippen molar-refractivity contribution in [2.45, 2.75) is 6.18 Å². The zero-order valence-corrected chi connectivity index (χ0v) is 7.10. The highest BCUT2D eigenvalue weighted by Gasteiger charge is 2.34. The van der Waals surface area contributed by atoms with Crippen LogP contribution in [-0.2, 0) is 6.18 Å². The third-order valence-electron chi connectivity index (χ3n) is 1.22. The number of hydrogen-bond acceptors (Lipinski definition) is 3. The minimum atomic E-state index is -4.73. The molecule has 0 unspecified atom stereocenters. The molecule has 0 aromatic carbocycles.